The molecule has 1 aliphatic carbocycles. The van der Waals surface area contributed by atoms with Crippen LogP contribution in [-0.2, 0) is 37.8 Å². The van der Waals surface area contributed by atoms with E-state index in [1.807, 2.05) is 6.08 Å². The predicted octanol–water partition coefficient (Wildman–Crippen LogP) is 7.79. The fraction of sp³-hybridized carbons (Fsp3) is 0.842. The first-order valence-electron chi connectivity index (χ1n) is 18.7. The van der Waals surface area contributed by atoms with E-state index in [9.17, 15) is 19.2 Å². The Balaban J connectivity index is 2.09. The molecule has 0 aromatic rings. The average Bonchev–Trinajstić information content (AvgIpc) is 3.32. The third kappa shape index (κ3) is 10.8. The van der Waals surface area contributed by atoms with Gasteiger partial charge in [0.1, 0.15) is 5.78 Å². The van der Waals surface area contributed by atoms with E-state index in [4.69, 9.17) is 23.7 Å². The number of halogens is 1. The third-order valence-corrected chi connectivity index (χ3v) is 15.9. The fourth-order valence-electron chi connectivity index (χ4n) is 7.62. The van der Waals surface area contributed by atoms with Gasteiger partial charge in [0.05, 0.1) is 31.3 Å². The summed E-state index contributed by atoms with van der Waals surface area (Å²) in [6.45, 7) is 14.3. The number of carbonyl (C=O) groups is 4. The standard InChI is InChI=1S/C38H63FO9Si/c1-8-9-10-16-26(48-49(6,7)37(2,3)4)20-21-27-28(25-31(40)38(39,36(44)45-5)22-15-19-32(41)42)34(30-18-12-14-24-47-30)35(43)33(27)29-17-11-13-23-46-29/h20-21,26-30,33-34H,8-19,22-25H2,1-7H3,(H,41,42)/b21-20+/t26?,27-,28-,29?,30?,33-,34+,38?/m1/s1. The Morgan fingerprint density at radius 2 is 1.61 bits per heavy atom. The first-order valence-corrected chi connectivity index (χ1v) is 21.6. The molecule has 8 atom stereocenters. The molecule has 0 amide bonds. The van der Waals surface area contributed by atoms with Crippen LogP contribution >= 0.6 is 0 Å². The van der Waals surface area contributed by atoms with E-state index in [2.05, 4.69) is 46.9 Å². The van der Waals surface area contributed by atoms with Crippen molar-refractivity contribution in [2.45, 2.75) is 160 Å². The topological polar surface area (TPSA) is 125 Å². The number of aliphatic carboxylic acids is 1. The number of carbonyl (C=O) groups excluding carboxylic acids is 3. The molecule has 280 valence electrons. The summed E-state index contributed by atoms with van der Waals surface area (Å²) in [6.07, 6.45) is 10.5. The maximum atomic E-state index is 16.5. The normalized spacial score (nSPS) is 28.7. The lowest BCUT2D eigenvalue weighted by Gasteiger charge is -2.39. The van der Waals surface area contributed by atoms with Gasteiger partial charge in [-0.1, -0.05) is 59.1 Å². The van der Waals surface area contributed by atoms with E-state index in [1.54, 1.807) is 0 Å². The van der Waals surface area contributed by atoms with Gasteiger partial charge in [0.2, 0.25) is 0 Å². The maximum absolute atomic E-state index is 16.5. The Hall–Kier alpha value is -1.95. The lowest BCUT2D eigenvalue weighted by molar-refractivity contribution is -0.162. The number of hydrogen-bond acceptors (Lipinski definition) is 8. The number of ether oxygens (including phenoxy) is 3. The third-order valence-electron chi connectivity index (χ3n) is 11.4. The number of hydrogen-bond donors (Lipinski definition) is 1. The van der Waals surface area contributed by atoms with Gasteiger partial charge in [-0.25, -0.2) is 9.18 Å². The highest BCUT2D eigenvalue weighted by molar-refractivity contribution is 6.74. The minimum atomic E-state index is -3.02. The second kappa shape index (κ2) is 18.5. The van der Waals surface area contributed by atoms with Crippen LogP contribution in [0.1, 0.15) is 118 Å². The molecule has 1 saturated carbocycles. The molecule has 9 nitrogen and oxygen atoms in total. The summed E-state index contributed by atoms with van der Waals surface area (Å²) in [4.78, 5) is 52.7. The molecule has 2 heterocycles. The highest BCUT2D eigenvalue weighted by atomic mass is 28.4. The van der Waals surface area contributed by atoms with Crippen molar-refractivity contribution in [1.82, 2.24) is 0 Å². The highest BCUT2D eigenvalue weighted by Crippen LogP contribution is 2.50. The summed E-state index contributed by atoms with van der Waals surface area (Å²) >= 11 is 0. The number of Topliss-reactive ketones (excluding diaryl/α,β-unsaturated/α-hetero) is 2. The van der Waals surface area contributed by atoms with Gasteiger partial charge in [-0.3, -0.25) is 14.4 Å². The van der Waals surface area contributed by atoms with Gasteiger partial charge in [0.25, 0.3) is 5.67 Å². The number of carboxylic acids is 1. The Labute approximate surface area is 294 Å². The molecule has 0 radical (unpaired) electrons. The summed E-state index contributed by atoms with van der Waals surface area (Å²) in [5, 5.41) is 9.14. The van der Waals surface area contributed by atoms with Crippen LogP contribution in [0.3, 0.4) is 0 Å². The van der Waals surface area contributed by atoms with Gasteiger partial charge < -0.3 is 23.7 Å². The molecule has 3 fully saturated rings. The first-order chi connectivity index (χ1) is 23.1. The number of methoxy groups -OCH3 is 1. The van der Waals surface area contributed by atoms with Crippen LogP contribution in [0.25, 0.3) is 0 Å². The Morgan fingerprint density at radius 1 is 1.00 bits per heavy atom. The number of alkyl halides is 1. The van der Waals surface area contributed by atoms with Gasteiger partial charge in [0, 0.05) is 38.4 Å². The average molecular weight is 711 g/mol. The molecule has 0 aromatic carbocycles. The predicted molar refractivity (Wildman–Crippen MR) is 188 cm³/mol. The number of rotatable bonds is 18. The van der Waals surface area contributed by atoms with Crippen molar-refractivity contribution in [3.8, 4) is 0 Å². The quantitative estimate of drug-likeness (QED) is 0.0499. The van der Waals surface area contributed by atoms with Crippen LogP contribution in [0, 0.1) is 23.7 Å². The molecule has 0 bridgehead atoms. The molecule has 0 aromatic heterocycles. The molecular formula is C38H63FO9Si. The van der Waals surface area contributed by atoms with Gasteiger partial charge in [0.15, 0.2) is 14.1 Å². The highest BCUT2D eigenvalue weighted by Gasteiger charge is 2.57. The van der Waals surface area contributed by atoms with Gasteiger partial charge in [-0.2, -0.15) is 0 Å². The molecular weight excluding hydrogens is 647 g/mol. The van der Waals surface area contributed by atoms with Gasteiger partial charge in [-0.15, -0.1) is 0 Å². The largest absolute Gasteiger partial charge is 0.481 e. The van der Waals surface area contributed by atoms with Crippen LogP contribution in [0.4, 0.5) is 4.39 Å². The number of esters is 1. The monoisotopic (exact) mass is 710 g/mol. The Kier molecular flexibility index (Phi) is 15.7. The number of carboxylic acid groups (broad SMARTS) is 1. The van der Waals surface area contributed by atoms with Crippen molar-refractivity contribution in [2.75, 3.05) is 20.3 Å². The van der Waals surface area contributed by atoms with E-state index in [0.717, 1.165) is 58.5 Å². The number of unbranched alkanes of at least 4 members (excludes halogenated alkanes) is 2. The number of allylic oxidation sites excluding steroid dienone is 1. The molecule has 2 saturated heterocycles. The molecule has 3 rings (SSSR count). The minimum Gasteiger partial charge on any atom is -0.481 e. The van der Waals surface area contributed by atoms with Crippen LogP contribution in [-0.4, -0.2) is 81.2 Å². The Bertz CT molecular complexity index is 1140. The van der Waals surface area contributed by atoms with E-state index >= 15 is 4.39 Å². The second-order valence-electron chi connectivity index (χ2n) is 16.0. The lowest BCUT2D eigenvalue weighted by atomic mass is 9.76. The zero-order valence-electron chi connectivity index (χ0n) is 31.1. The molecule has 11 heteroatoms. The smallest absolute Gasteiger partial charge is 0.351 e. The molecule has 4 unspecified atom stereocenters. The van der Waals surface area contributed by atoms with Crippen LogP contribution < -0.4 is 0 Å². The van der Waals surface area contributed by atoms with Crippen molar-refractivity contribution in [3.63, 3.8) is 0 Å². The van der Waals surface area contributed by atoms with Crippen molar-refractivity contribution < 1.29 is 47.3 Å². The molecule has 49 heavy (non-hydrogen) atoms. The number of ketones is 2. The van der Waals surface area contributed by atoms with Crippen molar-refractivity contribution in [1.29, 1.82) is 0 Å². The summed E-state index contributed by atoms with van der Waals surface area (Å²) in [6, 6.07) is 0. The zero-order chi connectivity index (χ0) is 36.4. The van der Waals surface area contributed by atoms with Crippen LogP contribution in [0.2, 0.25) is 18.1 Å². The van der Waals surface area contributed by atoms with Crippen molar-refractivity contribution in [2.24, 2.45) is 23.7 Å². The summed E-state index contributed by atoms with van der Waals surface area (Å²) < 4.78 is 40.6. The fourth-order valence-corrected chi connectivity index (χ4v) is 8.92. The van der Waals surface area contributed by atoms with Crippen molar-refractivity contribution in [3.05, 3.63) is 12.2 Å². The van der Waals surface area contributed by atoms with Gasteiger partial charge >= 0.3 is 11.9 Å². The van der Waals surface area contributed by atoms with E-state index in [-0.39, 0.29) is 35.9 Å². The summed E-state index contributed by atoms with van der Waals surface area (Å²) in [5.74, 6) is -5.81. The Morgan fingerprint density at radius 3 is 2.12 bits per heavy atom. The maximum Gasteiger partial charge on any atom is 0.351 e. The summed E-state index contributed by atoms with van der Waals surface area (Å²) in [7, 11) is -1.16. The summed E-state index contributed by atoms with van der Waals surface area (Å²) in [5.41, 5.74) is -3.02. The first kappa shape index (κ1) is 41.5. The van der Waals surface area contributed by atoms with Gasteiger partial charge in [-0.05, 0) is 81.3 Å². The second-order valence-corrected chi connectivity index (χ2v) is 20.7. The van der Waals surface area contributed by atoms with E-state index in [0.29, 0.717) is 26.1 Å². The SMILES string of the molecule is CCCCCC(/C=C/[C@@H]1[C@@H](CC(=O)C(F)(CCCC(=O)O)C(=O)OC)[C@@H](C2CCCCO2)C(=O)[C@H]1C1CCCCO1)O[Si](C)(C)C(C)(C)C. The molecule has 0 spiro atoms. The molecule has 3 aliphatic rings. The molecule has 1 N–H and O–H groups in total. The van der Waals surface area contributed by atoms with E-state index < -0.39 is 74.3 Å². The van der Waals surface area contributed by atoms with Crippen LogP contribution in [0.5, 0.6) is 0 Å². The minimum absolute atomic E-state index is 0.0109. The van der Waals surface area contributed by atoms with Crippen molar-refractivity contribution >= 4 is 31.8 Å². The molecule has 2 aliphatic heterocycles. The zero-order valence-corrected chi connectivity index (χ0v) is 32.1. The van der Waals surface area contributed by atoms with E-state index in [1.165, 1.54) is 0 Å². The van der Waals surface area contributed by atoms with Crippen LogP contribution in [0.15, 0.2) is 12.2 Å². The lowest BCUT2D eigenvalue weighted by Crippen LogP contribution is -2.45.